The maximum atomic E-state index is 12.3. The molecule has 13 nitrogen and oxygen atoms in total. The summed E-state index contributed by atoms with van der Waals surface area (Å²) in [7, 11) is 9.18. The predicted molar refractivity (Wildman–Crippen MR) is 259 cm³/mol. The van der Waals surface area contributed by atoms with Crippen molar-refractivity contribution in [2.45, 2.75) is 193 Å². The highest BCUT2D eigenvalue weighted by molar-refractivity contribution is 5.85. The van der Waals surface area contributed by atoms with E-state index in [1.165, 1.54) is 106 Å². The van der Waals surface area contributed by atoms with Gasteiger partial charge in [0.1, 0.15) is 5.60 Å². The van der Waals surface area contributed by atoms with Crippen molar-refractivity contribution in [1.82, 2.24) is 39.6 Å². The summed E-state index contributed by atoms with van der Waals surface area (Å²) in [6.07, 6.45) is 16.7. The maximum absolute atomic E-state index is 12.3. The fourth-order valence-corrected chi connectivity index (χ4v) is 11.9. The lowest BCUT2D eigenvalue weighted by Crippen LogP contribution is -2.38. The molecule has 14 heteroatoms. The van der Waals surface area contributed by atoms with Crippen LogP contribution in [-0.2, 0) is 53.2 Å². The molecule has 2 N–H and O–H groups in total. The molecule has 2 saturated heterocycles. The quantitative estimate of drug-likeness (QED) is 0.215. The molecular formula is C50H89ClN8O5. The first-order valence-corrected chi connectivity index (χ1v) is 24.6. The van der Waals surface area contributed by atoms with Crippen LogP contribution in [0.25, 0.3) is 0 Å². The number of aliphatic hydroxyl groups is 1. The molecule has 2 saturated carbocycles. The minimum Gasteiger partial charge on any atom is -0.444 e. The normalized spacial score (nSPS) is 26.6. The molecule has 6 aliphatic rings. The Morgan fingerprint density at radius 3 is 1.55 bits per heavy atom. The average molecular weight is 918 g/mol. The van der Waals surface area contributed by atoms with Crippen molar-refractivity contribution in [1.29, 1.82) is 0 Å². The van der Waals surface area contributed by atoms with Crippen LogP contribution in [0.1, 0.15) is 171 Å². The molecule has 0 radical (unpaired) electrons. The van der Waals surface area contributed by atoms with Crippen LogP contribution < -0.4 is 5.32 Å². The molecule has 0 unspecified atom stereocenters. The molecule has 2 aromatic rings. The van der Waals surface area contributed by atoms with E-state index in [2.05, 4.69) is 66.3 Å². The van der Waals surface area contributed by atoms with E-state index < -0.39 is 5.60 Å². The number of nitrogens with zero attached hydrogens (tertiary/aromatic N) is 7. The van der Waals surface area contributed by atoms with Gasteiger partial charge < -0.3 is 29.5 Å². The third-order valence-corrected chi connectivity index (χ3v) is 14.8. The average Bonchev–Trinajstić information content (AvgIpc) is 4.08. The van der Waals surface area contributed by atoms with Crippen LogP contribution in [0.3, 0.4) is 0 Å². The Hall–Kier alpha value is -2.26. The van der Waals surface area contributed by atoms with Crippen molar-refractivity contribution in [3.05, 3.63) is 33.9 Å². The standard InChI is InChI=1S/C27H46N4O3.C22H38N4O.CH4O.ClH/c1-25(2,3)34-24(32)30(7)16-15-29(6)17-21-23(22-9-8-14-31(22)28-21)20-10-12-27(13-11-20)18-26(4,5)19-33-27;1-21(2)15-22(27-16-21)9-7-17(8-10-22)20-18(14-25(4)13-11-23-3)24-26-12-5-6-19(20)26;1-2;/h20H,8-19H2,1-7H3;17,23H,5-16H2,1-4H3;2H,1H3;1H. The smallest absolute Gasteiger partial charge is 0.410 e. The Bertz CT molecular complexity index is 1800. The molecule has 0 aromatic carbocycles. The van der Waals surface area contributed by atoms with Crippen LogP contribution >= 0.6 is 12.4 Å². The molecule has 4 fully saturated rings. The van der Waals surface area contributed by atoms with Crippen molar-refractivity contribution in [3.63, 3.8) is 0 Å². The summed E-state index contributed by atoms with van der Waals surface area (Å²) in [4.78, 5) is 18.7. The maximum Gasteiger partial charge on any atom is 0.410 e. The molecular weight excluding hydrogens is 828 g/mol. The number of ether oxygens (including phenoxy) is 3. The second-order valence-corrected chi connectivity index (χ2v) is 22.9. The van der Waals surface area contributed by atoms with E-state index in [9.17, 15) is 4.79 Å². The van der Waals surface area contributed by atoms with Crippen molar-refractivity contribution < 1.29 is 24.1 Å². The summed E-state index contributed by atoms with van der Waals surface area (Å²) in [5.74, 6) is 1.27. The van der Waals surface area contributed by atoms with E-state index in [-0.39, 0.29) is 29.7 Å². The fraction of sp³-hybridized carbons (Fsp3) is 0.860. The Balaban J connectivity index is 0.000000233. The molecule has 1 amide bonds. The van der Waals surface area contributed by atoms with Crippen LogP contribution in [0.5, 0.6) is 0 Å². The number of halogens is 1. The van der Waals surface area contributed by atoms with Crippen LogP contribution in [-0.4, -0.2) is 137 Å². The minimum atomic E-state index is -0.471. The van der Waals surface area contributed by atoms with Gasteiger partial charge in [-0.3, -0.25) is 19.2 Å². The van der Waals surface area contributed by atoms with Crippen LogP contribution in [0.15, 0.2) is 0 Å². The van der Waals surface area contributed by atoms with Gasteiger partial charge >= 0.3 is 6.09 Å². The third kappa shape index (κ3) is 13.0. The number of carbonyl (C=O) groups is 1. The molecule has 366 valence electrons. The van der Waals surface area contributed by atoms with Gasteiger partial charge in [-0.1, -0.05) is 27.7 Å². The van der Waals surface area contributed by atoms with Gasteiger partial charge in [-0.25, -0.2) is 4.79 Å². The molecule has 8 rings (SSSR count). The molecule has 64 heavy (non-hydrogen) atoms. The number of aliphatic hydroxyl groups excluding tert-OH is 1. The van der Waals surface area contributed by atoms with Gasteiger partial charge in [0.2, 0.25) is 0 Å². The molecule has 2 spiro atoms. The van der Waals surface area contributed by atoms with Gasteiger partial charge in [0.15, 0.2) is 0 Å². The summed E-state index contributed by atoms with van der Waals surface area (Å²) < 4.78 is 22.8. The first-order chi connectivity index (χ1) is 29.8. The van der Waals surface area contributed by atoms with Crippen molar-refractivity contribution in [2.24, 2.45) is 10.8 Å². The third-order valence-electron chi connectivity index (χ3n) is 14.8. The van der Waals surface area contributed by atoms with Crippen molar-refractivity contribution >= 4 is 18.5 Å². The zero-order chi connectivity index (χ0) is 45.8. The Labute approximate surface area is 393 Å². The number of nitrogens with one attached hydrogen (secondary N) is 1. The second-order valence-electron chi connectivity index (χ2n) is 22.9. The number of aryl methyl sites for hydroxylation is 2. The predicted octanol–water partition coefficient (Wildman–Crippen LogP) is 8.32. The number of hydrogen-bond donors (Lipinski definition) is 2. The zero-order valence-electron chi connectivity index (χ0n) is 42.2. The second kappa shape index (κ2) is 21.8. The molecule has 2 aromatic heterocycles. The van der Waals surface area contributed by atoms with Gasteiger partial charge in [0.05, 0.1) is 35.8 Å². The van der Waals surface area contributed by atoms with Crippen molar-refractivity contribution in [3.8, 4) is 0 Å². The molecule has 0 bridgehead atoms. The highest BCUT2D eigenvalue weighted by Crippen LogP contribution is 2.52. The summed E-state index contributed by atoms with van der Waals surface area (Å²) in [6, 6.07) is 0. The van der Waals surface area contributed by atoms with E-state index >= 15 is 0 Å². The first-order valence-electron chi connectivity index (χ1n) is 24.6. The summed E-state index contributed by atoms with van der Waals surface area (Å²) >= 11 is 0. The summed E-state index contributed by atoms with van der Waals surface area (Å²) in [5, 5.41) is 20.4. The lowest BCUT2D eigenvalue weighted by molar-refractivity contribution is -0.0296. The number of hydrogen-bond acceptors (Lipinski definition) is 10. The van der Waals surface area contributed by atoms with Gasteiger partial charge in [-0.2, -0.15) is 10.2 Å². The van der Waals surface area contributed by atoms with E-state index in [4.69, 9.17) is 29.5 Å². The van der Waals surface area contributed by atoms with Crippen LogP contribution in [0, 0.1) is 10.8 Å². The largest absolute Gasteiger partial charge is 0.444 e. The molecule has 6 heterocycles. The van der Waals surface area contributed by atoms with Gasteiger partial charge in [0, 0.05) is 89.0 Å². The fourth-order valence-electron chi connectivity index (χ4n) is 11.9. The SMILES string of the molecule is CN(CCN(C)C(=O)OC(C)(C)C)Cc1nn2c(c1C1CCC3(CC1)CC(C)(C)CO3)CCC2.CNCCN(C)Cc1nn2c(c1C1CCC3(CC1)CC(C)(C)CO3)CCC2.CO.Cl. The molecule has 0 atom stereocenters. The lowest BCUT2D eigenvalue weighted by Gasteiger charge is -2.37. The minimum absolute atomic E-state index is 0. The monoisotopic (exact) mass is 917 g/mol. The van der Waals surface area contributed by atoms with Crippen molar-refractivity contribution in [2.75, 3.05) is 74.7 Å². The lowest BCUT2D eigenvalue weighted by atomic mass is 9.71. The van der Waals surface area contributed by atoms with Crippen LogP contribution in [0.2, 0.25) is 0 Å². The number of amides is 1. The summed E-state index contributed by atoms with van der Waals surface area (Å²) in [5.41, 5.74) is 9.21. The van der Waals surface area contributed by atoms with Gasteiger partial charge in [-0.15, -0.1) is 12.4 Å². The Morgan fingerprint density at radius 2 is 1.17 bits per heavy atom. The summed E-state index contributed by atoms with van der Waals surface area (Å²) in [6.45, 7) is 24.4. The van der Waals surface area contributed by atoms with E-state index in [1.54, 1.807) is 16.2 Å². The number of rotatable bonds is 12. The van der Waals surface area contributed by atoms with E-state index in [0.717, 1.165) is 72.6 Å². The van der Waals surface area contributed by atoms with Gasteiger partial charge in [-0.05, 0) is 154 Å². The Morgan fingerprint density at radius 1 is 0.750 bits per heavy atom. The highest BCUT2D eigenvalue weighted by Gasteiger charge is 2.48. The Kier molecular flexibility index (Phi) is 17.9. The highest BCUT2D eigenvalue weighted by atomic mass is 35.5. The van der Waals surface area contributed by atoms with Crippen LogP contribution in [0.4, 0.5) is 4.79 Å². The topological polar surface area (TPSA) is 122 Å². The number of fused-ring (bicyclic) bond motifs is 2. The first kappa shape index (κ1) is 52.7. The number of likely N-dealkylation sites (N-methyl/N-ethyl adjacent to an activating group) is 4. The number of aromatic nitrogens is 4. The zero-order valence-corrected chi connectivity index (χ0v) is 43.1. The molecule has 2 aliphatic carbocycles. The number of carbonyl (C=O) groups excluding carboxylic acids is 1. The van der Waals surface area contributed by atoms with E-state index in [1.807, 2.05) is 34.9 Å². The van der Waals surface area contributed by atoms with E-state index in [0.29, 0.717) is 29.2 Å². The molecule has 4 aliphatic heterocycles. The van der Waals surface area contributed by atoms with Gasteiger partial charge in [0.25, 0.3) is 0 Å².